The van der Waals surface area contributed by atoms with Crippen LogP contribution in [0.4, 0.5) is 0 Å². The predicted molar refractivity (Wildman–Crippen MR) is 91.3 cm³/mol. The Hall–Kier alpha value is -1.70. The Morgan fingerprint density at radius 3 is 2.62 bits per heavy atom. The Kier molecular flexibility index (Phi) is 4.76. The normalized spacial score (nSPS) is 22.6. The molecule has 1 N–H and O–H groups in total. The molecule has 2 unspecified atom stereocenters. The third-order valence-electron chi connectivity index (χ3n) is 4.38. The molecule has 1 aliphatic heterocycles. The second-order valence-electron chi connectivity index (χ2n) is 6.33. The van der Waals surface area contributed by atoms with Crippen LogP contribution < -0.4 is 0 Å². The number of nitrogens with one attached hydrogen (secondary N) is 1. The van der Waals surface area contributed by atoms with Crippen molar-refractivity contribution < 1.29 is 13.2 Å². The lowest BCUT2D eigenvalue weighted by molar-refractivity contribution is -0.0265. The molecule has 1 saturated heterocycles. The van der Waals surface area contributed by atoms with Crippen LogP contribution in [-0.4, -0.2) is 48.2 Å². The summed E-state index contributed by atoms with van der Waals surface area (Å²) < 4.78 is 33.6. The van der Waals surface area contributed by atoms with Crippen LogP contribution in [0.3, 0.4) is 0 Å². The predicted octanol–water partition coefficient (Wildman–Crippen LogP) is 2.05. The summed E-state index contributed by atoms with van der Waals surface area (Å²) in [7, 11) is -3.59. The highest BCUT2D eigenvalue weighted by molar-refractivity contribution is 7.89. The van der Waals surface area contributed by atoms with Crippen molar-refractivity contribution in [3.05, 3.63) is 47.3 Å². The molecule has 0 bridgehead atoms. The van der Waals surface area contributed by atoms with Gasteiger partial charge in [-0.25, -0.2) is 8.42 Å². The molecule has 2 atom stereocenters. The molecule has 2 heterocycles. The van der Waals surface area contributed by atoms with Crippen LogP contribution in [0.15, 0.2) is 35.2 Å². The van der Waals surface area contributed by atoms with Crippen LogP contribution in [-0.2, 0) is 21.2 Å². The molecule has 130 valence electrons. The number of aromatic amines is 1. The average Bonchev–Trinajstić information content (AvgIpc) is 2.89. The smallest absolute Gasteiger partial charge is 0.247 e. The maximum atomic E-state index is 13.1. The van der Waals surface area contributed by atoms with Crippen LogP contribution in [0.5, 0.6) is 0 Å². The zero-order valence-electron chi connectivity index (χ0n) is 14.2. The Bertz CT molecular complexity index is 782. The van der Waals surface area contributed by atoms with Crippen molar-refractivity contribution in [1.82, 2.24) is 14.5 Å². The second kappa shape index (κ2) is 6.66. The molecule has 0 radical (unpaired) electrons. The summed E-state index contributed by atoms with van der Waals surface area (Å²) >= 11 is 0. The molecule has 0 saturated carbocycles. The molecule has 1 aromatic heterocycles. The molecule has 24 heavy (non-hydrogen) atoms. The summed E-state index contributed by atoms with van der Waals surface area (Å²) in [5, 5.41) is 6.79. The summed E-state index contributed by atoms with van der Waals surface area (Å²) in [4.78, 5) is 0.287. The first-order valence-corrected chi connectivity index (χ1v) is 9.52. The van der Waals surface area contributed by atoms with Gasteiger partial charge in [0.1, 0.15) is 4.90 Å². The zero-order chi connectivity index (χ0) is 17.3. The van der Waals surface area contributed by atoms with E-state index >= 15 is 0 Å². The minimum Gasteiger partial charge on any atom is -0.375 e. The zero-order valence-corrected chi connectivity index (χ0v) is 15.0. The number of ether oxygens (including phenoxy) is 1. The van der Waals surface area contributed by atoms with E-state index in [4.69, 9.17) is 4.74 Å². The Morgan fingerprint density at radius 1 is 1.29 bits per heavy atom. The quantitative estimate of drug-likeness (QED) is 0.917. The fraction of sp³-hybridized carbons (Fsp3) is 0.471. The summed E-state index contributed by atoms with van der Waals surface area (Å²) in [6.07, 6.45) is 0.550. The fourth-order valence-corrected chi connectivity index (χ4v) is 5.15. The number of aryl methyl sites for hydroxylation is 2. The number of morpholine rings is 1. The number of rotatable bonds is 4. The average molecular weight is 349 g/mol. The summed E-state index contributed by atoms with van der Waals surface area (Å²) in [6, 6.07) is 9.79. The standard InChI is InChI=1S/C17H23N3O3S/c1-12-11-23-16(9-15-7-5-4-6-8-15)10-20(12)24(21,22)17-13(2)18-19-14(17)3/h4-8,12,16H,9-11H2,1-3H3,(H,18,19). The Morgan fingerprint density at radius 2 is 2.00 bits per heavy atom. The number of benzene rings is 1. The molecular formula is C17H23N3O3S. The van der Waals surface area contributed by atoms with E-state index in [0.29, 0.717) is 31.0 Å². The van der Waals surface area contributed by atoms with Gasteiger partial charge in [-0.2, -0.15) is 9.40 Å². The van der Waals surface area contributed by atoms with Crippen molar-refractivity contribution in [1.29, 1.82) is 0 Å². The van der Waals surface area contributed by atoms with Crippen molar-refractivity contribution in [2.24, 2.45) is 0 Å². The molecule has 6 nitrogen and oxygen atoms in total. The number of sulfonamides is 1. The highest BCUT2D eigenvalue weighted by atomic mass is 32.2. The highest BCUT2D eigenvalue weighted by Gasteiger charge is 2.37. The summed E-state index contributed by atoms with van der Waals surface area (Å²) in [5.41, 5.74) is 2.22. The SMILES string of the molecule is Cc1n[nH]c(C)c1S(=O)(=O)N1CC(Cc2ccccc2)OCC1C. The van der Waals surface area contributed by atoms with Crippen LogP contribution >= 0.6 is 0 Å². The lowest BCUT2D eigenvalue weighted by Crippen LogP contribution is -2.51. The molecule has 0 aliphatic carbocycles. The Balaban J connectivity index is 1.84. The van der Waals surface area contributed by atoms with Gasteiger partial charge >= 0.3 is 0 Å². The van der Waals surface area contributed by atoms with Gasteiger partial charge < -0.3 is 4.74 Å². The molecular weight excluding hydrogens is 326 g/mol. The van der Waals surface area contributed by atoms with Crippen molar-refractivity contribution in [3.63, 3.8) is 0 Å². The maximum absolute atomic E-state index is 13.1. The van der Waals surface area contributed by atoms with Crippen LogP contribution in [0.25, 0.3) is 0 Å². The van der Waals surface area contributed by atoms with Gasteiger partial charge in [0.2, 0.25) is 10.0 Å². The second-order valence-corrected chi connectivity index (χ2v) is 8.16. The van der Waals surface area contributed by atoms with Gasteiger partial charge in [0.05, 0.1) is 24.1 Å². The lowest BCUT2D eigenvalue weighted by Gasteiger charge is -2.37. The third-order valence-corrected chi connectivity index (χ3v) is 6.63. The van der Waals surface area contributed by atoms with E-state index in [9.17, 15) is 8.42 Å². The van der Waals surface area contributed by atoms with Crippen molar-refractivity contribution in [3.8, 4) is 0 Å². The number of aromatic nitrogens is 2. The van der Waals surface area contributed by atoms with E-state index in [1.165, 1.54) is 0 Å². The molecule has 0 amide bonds. The first kappa shape index (κ1) is 17.1. The minimum absolute atomic E-state index is 0.147. The van der Waals surface area contributed by atoms with Crippen molar-refractivity contribution in [2.45, 2.75) is 44.2 Å². The maximum Gasteiger partial charge on any atom is 0.247 e. The van der Waals surface area contributed by atoms with Gasteiger partial charge in [-0.3, -0.25) is 5.10 Å². The highest BCUT2D eigenvalue weighted by Crippen LogP contribution is 2.27. The number of nitrogens with zero attached hydrogens (tertiary/aromatic N) is 2. The first-order chi connectivity index (χ1) is 11.4. The molecule has 1 aliphatic rings. The lowest BCUT2D eigenvalue weighted by atomic mass is 10.1. The number of H-pyrrole nitrogens is 1. The number of hydrogen-bond donors (Lipinski definition) is 1. The van der Waals surface area contributed by atoms with Crippen molar-refractivity contribution in [2.75, 3.05) is 13.2 Å². The third kappa shape index (κ3) is 3.24. The minimum atomic E-state index is -3.59. The summed E-state index contributed by atoms with van der Waals surface area (Å²) in [6.45, 7) is 6.07. The van der Waals surface area contributed by atoms with Gasteiger partial charge in [0.15, 0.2) is 0 Å². The van der Waals surface area contributed by atoms with E-state index in [1.807, 2.05) is 37.3 Å². The molecule has 3 rings (SSSR count). The van der Waals surface area contributed by atoms with E-state index in [1.54, 1.807) is 18.2 Å². The molecule has 2 aromatic rings. The van der Waals surface area contributed by atoms with Crippen molar-refractivity contribution >= 4 is 10.0 Å². The topological polar surface area (TPSA) is 75.3 Å². The molecule has 0 spiro atoms. The molecule has 1 aromatic carbocycles. The van der Waals surface area contributed by atoms with Crippen LogP contribution in [0.1, 0.15) is 23.9 Å². The van der Waals surface area contributed by atoms with E-state index in [0.717, 1.165) is 5.56 Å². The largest absolute Gasteiger partial charge is 0.375 e. The monoisotopic (exact) mass is 349 g/mol. The van der Waals surface area contributed by atoms with E-state index in [-0.39, 0.29) is 17.0 Å². The van der Waals surface area contributed by atoms with Gasteiger partial charge in [-0.05, 0) is 32.8 Å². The number of hydrogen-bond acceptors (Lipinski definition) is 4. The van der Waals surface area contributed by atoms with Gasteiger partial charge in [-0.15, -0.1) is 0 Å². The van der Waals surface area contributed by atoms with Crippen LogP contribution in [0.2, 0.25) is 0 Å². The van der Waals surface area contributed by atoms with E-state index in [2.05, 4.69) is 10.2 Å². The summed E-state index contributed by atoms with van der Waals surface area (Å²) in [5.74, 6) is 0. The van der Waals surface area contributed by atoms with Gasteiger partial charge in [0.25, 0.3) is 0 Å². The Labute approximate surface area is 142 Å². The first-order valence-electron chi connectivity index (χ1n) is 8.08. The van der Waals surface area contributed by atoms with E-state index < -0.39 is 10.0 Å². The molecule has 7 heteroatoms. The van der Waals surface area contributed by atoms with Gasteiger partial charge in [-0.1, -0.05) is 30.3 Å². The van der Waals surface area contributed by atoms with Gasteiger partial charge in [0, 0.05) is 12.6 Å². The van der Waals surface area contributed by atoms with Crippen LogP contribution in [0, 0.1) is 13.8 Å². The fourth-order valence-electron chi connectivity index (χ4n) is 3.17. The molecule has 1 fully saturated rings.